The van der Waals surface area contributed by atoms with Crippen molar-refractivity contribution in [1.29, 1.82) is 0 Å². The Kier molecular flexibility index (Phi) is 6.29. The molecule has 0 bridgehead atoms. The van der Waals surface area contributed by atoms with Gasteiger partial charge in [0.1, 0.15) is 0 Å². The molecule has 9 heteroatoms. The molecule has 0 aliphatic rings. The first kappa shape index (κ1) is 19.5. The number of alkyl halides is 3. The van der Waals surface area contributed by atoms with Crippen molar-refractivity contribution in [2.75, 3.05) is 11.1 Å². The van der Waals surface area contributed by atoms with Crippen molar-refractivity contribution in [3.05, 3.63) is 64.2 Å². The summed E-state index contributed by atoms with van der Waals surface area (Å²) in [6, 6.07) is 6.28. The summed E-state index contributed by atoms with van der Waals surface area (Å²) in [5.41, 5.74) is -1.02. The number of carbonyl (C=O) groups excluding carboxylic acids is 1. The van der Waals surface area contributed by atoms with Gasteiger partial charge in [-0.25, -0.2) is 8.78 Å². The highest BCUT2D eigenvalue weighted by atomic mass is 35.5. The van der Waals surface area contributed by atoms with Crippen LogP contribution in [0.5, 0.6) is 0 Å². The van der Waals surface area contributed by atoms with E-state index in [9.17, 15) is 26.7 Å². The molecule has 0 unspecified atom stereocenters. The molecule has 0 radical (unpaired) electrons. The number of benzene rings is 2. The summed E-state index contributed by atoms with van der Waals surface area (Å²) in [6.45, 7) is 0. The maximum atomic E-state index is 13.5. The van der Waals surface area contributed by atoms with Crippen molar-refractivity contribution in [1.82, 2.24) is 0 Å². The van der Waals surface area contributed by atoms with Gasteiger partial charge in [-0.05, 0) is 24.3 Å². The van der Waals surface area contributed by atoms with Crippen molar-refractivity contribution < 1.29 is 26.7 Å². The Bertz CT molecular complexity index is 782. The van der Waals surface area contributed by atoms with E-state index in [1.807, 2.05) is 0 Å². The molecule has 2 rings (SSSR count). The van der Waals surface area contributed by atoms with Crippen molar-refractivity contribution in [3.8, 4) is 0 Å². The molecule has 1 amide bonds. The van der Waals surface area contributed by atoms with E-state index in [0.29, 0.717) is 0 Å². The van der Waals surface area contributed by atoms with E-state index in [0.717, 1.165) is 36.0 Å². The minimum absolute atomic E-state index is 0.0351. The molecule has 0 spiro atoms. The Morgan fingerprint density at radius 2 is 1.88 bits per heavy atom. The standard InChI is InChI=1S/C16H11ClF5NOS/c17-11-5-4-10(16(20,21)22)6-13(11)23-14(24)8-25-7-9-2-1-3-12(18)15(9)19/h1-6H,7-8H2,(H,23,24). The molecular formula is C16H11ClF5NOS. The van der Waals surface area contributed by atoms with Crippen molar-refractivity contribution >= 4 is 35.0 Å². The number of halogens is 6. The van der Waals surface area contributed by atoms with Gasteiger partial charge < -0.3 is 5.32 Å². The minimum atomic E-state index is -4.56. The van der Waals surface area contributed by atoms with E-state index in [4.69, 9.17) is 11.6 Å². The molecule has 0 heterocycles. The lowest BCUT2D eigenvalue weighted by Gasteiger charge is -2.11. The van der Waals surface area contributed by atoms with Crippen molar-refractivity contribution in [3.63, 3.8) is 0 Å². The highest BCUT2D eigenvalue weighted by molar-refractivity contribution is 7.99. The molecule has 2 aromatic carbocycles. The number of carbonyl (C=O) groups is 1. The topological polar surface area (TPSA) is 29.1 Å². The summed E-state index contributed by atoms with van der Waals surface area (Å²) in [6.07, 6.45) is -4.56. The molecule has 2 aromatic rings. The van der Waals surface area contributed by atoms with Crippen LogP contribution in [-0.4, -0.2) is 11.7 Å². The van der Waals surface area contributed by atoms with Crippen LogP contribution in [0, 0.1) is 11.6 Å². The third-order valence-electron chi connectivity index (χ3n) is 3.09. The quantitative estimate of drug-likeness (QED) is 0.676. The zero-order valence-corrected chi connectivity index (χ0v) is 14.0. The SMILES string of the molecule is O=C(CSCc1cccc(F)c1F)Nc1cc(C(F)(F)F)ccc1Cl. The summed E-state index contributed by atoms with van der Waals surface area (Å²) in [5, 5.41) is 2.24. The van der Waals surface area contributed by atoms with Crippen LogP contribution < -0.4 is 5.32 Å². The maximum Gasteiger partial charge on any atom is 0.416 e. The molecule has 0 fully saturated rings. The maximum absolute atomic E-state index is 13.5. The first-order valence-corrected chi connectivity index (χ1v) is 8.39. The van der Waals surface area contributed by atoms with Crippen LogP contribution in [0.4, 0.5) is 27.6 Å². The van der Waals surface area contributed by atoms with Crippen LogP contribution in [0.1, 0.15) is 11.1 Å². The fourth-order valence-electron chi connectivity index (χ4n) is 1.90. The van der Waals surface area contributed by atoms with Crippen LogP contribution >= 0.6 is 23.4 Å². The number of hydrogen-bond donors (Lipinski definition) is 1. The molecule has 0 aliphatic heterocycles. The molecule has 0 aliphatic carbocycles. The zero-order chi connectivity index (χ0) is 18.6. The summed E-state index contributed by atoms with van der Waals surface area (Å²) >= 11 is 6.77. The first-order valence-electron chi connectivity index (χ1n) is 6.85. The van der Waals surface area contributed by atoms with E-state index < -0.39 is 29.3 Å². The molecule has 25 heavy (non-hydrogen) atoms. The lowest BCUT2D eigenvalue weighted by atomic mass is 10.2. The van der Waals surface area contributed by atoms with Gasteiger partial charge in [-0.15, -0.1) is 11.8 Å². The number of hydrogen-bond acceptors (Lipinski definition) is 2. The summed E-state index contributed by atoms with van der Waals surface area (Å²) in [7, 11) is 0. The number of nitrogens with one attached hydrogen (secondary N) is 1. The third kappa shape index (κ3) is 5.34. The smallest absolute Gasteiger partial charge is 0.324 e. The summed E-state index contributed by atoms with van der Waals surface area (Å²) < 4.78 is 64.5. The molecule has 0 atom stereocenters. The lowest BCUT2D eigenvalue weighted by Crippen LogP contribution is -2.15. The molecule has 0 saturated carbocycles. The number of thioether (sulfide) groups is 1. The molecule has 1 N–H and O–H groups in total. The zero-order valence-electron chi connectivity index (χ0n) is 12.5. The molecule has 0 aromatic heterocycles. The summed E-state index contributed by atoms with van der Waals surface area (Å²) in [4.78, 5) is 11.8. The fraction of sp³-hybridized carbons (Fsp3) is 0.188. The average molecular weight is 396 g/mol. The number of rotatable bonds is 5. The van der Waals surface area contributed by atoms with Crippen LogP contribution in [0.2, 0.25) is 5.02 Å². The Labute approximate surface area is 149 Å². The minimum Gasteiger partial charge on any atom is -0.324 e. The average Bonchev–Trinajstić information content (AvgIpc) is 2.52. The summed E-state index contributed by atoms with van der Waals surface area (Å²) in [5.74, 6) is -2.71. The van der Waals surface area contributed by atoms with Gasteiger partial charge in [0.15, 0.2) is 11.6 Å². The molecule has 134 valence electrons. The predicted molar refractivity (Wildman–Crippen MR) is 87.6 cm³/mol. The van der Waals surface area contributed by atoms with E-state index in [2.05, 4.69) is 5.32 Å². The van der Waals surface area contributed by atoms with Crippen molar-refractivity contribution in [2.24, 2.45) is 0 Å². The Morgan fingerprint density at radius 3 is 2.56 bits per heavy atom. The van der Waals surface area contributed by atoms with Gasteiger partial charge in [-0.3, -0.25) is 4.79 Å². The van der Waals surface area contributed by atoms with E-state index in [-0.39, 0.29) is 27.8 Å². The van der Waals surface area contributed by atoms with E-state index in [1.165, 1.54) is 12.1 Å². The Balaban J connectivity index is 1.95. The van der Waals surface area contributed by atoms with Crippen LogP contribution in [0.25, 0.3) is 0 Å². The lowest BCUT2D eigenvalue weighted by molar-refractivity contribution is -0.137. The third-order valence-corrected chi connectivity index (χ3v) is 4.40. The Hall–Kier alpha value is -1.80. The fourth-order valence-corrected chi connectivity index (χ4v) is 2.86. The van der Waals surface area contributed by atoms with Gasteiger partial charge in [0.25, 0.3) is 0 Å². The van der Waals surface area contributed by atoms with Gasteiger partial charge in [0, 0.05) is 11.3 Å². The monoisotopic (exact) mass is 395 g/mol. The van der Waals surface area contributed by atoms with E-state index in [1.54, 1.807) is 0 Å². The second kappa shape index (κ2) is 8.05. The largest absolute Gasteiger partial charge is 0.416 e. The normalized spacial score (nSPS) is 11.4. The second-order valence-electron chi connectivity index (χ2n) is 4.95. The van der Waals surface area contributed by atoms with Gasteiger partial charge in [0.05, 0.1) is 22.0 Å². The van der Waals surface area contributed by atoms with Crippen LogP contribution in [0.3, 0.4) is 0 Å². The molecular weight excluding hydrogens is 385 g/mol. The Morgan fingerprint density at radius 1 is 1.16 bits per heavy atom. The molecule has 2 nitrogen and oxygen atoms in total. The number of amides is 1. The second-order valence-corrected chi connectivity index (χ2v) is 6.34. The van der Waals surface area contributed by atoms with Gasteiger partial charge in [0.2, 0.25) is 5.91 Å². The first-order chi connectivity index (χ1) is 11.7. The molecule has 0 saturated heterocycles. The van der Waals surface area contributed by atoms with Gasteiger partial charge in [-0.2, -0.15) is 13.2 Å². The van der Waals surface area contributed by atoms with Crippen LogP contribution in [-0.2, 0) is 16.7 Å². The van der Waals surface area contributed by atoms with Crippen LogP contribution in [0.15, 0.2) is 36.4 Å². The highest BCUT2D eigenvalue weighted by Gasteiger charge is 2.31. The van der Waals surface area contributed by atoms with Gasteiger partial charge >= 0.3 is 6.18 Å². The van der Waals surface area contributed by atoms with E-state index >= 15 is 0 Å². The predicted octanol–water partition coefficient (Wildman–Crippen LogP) is 5.51. The highest BCUT2D eigenvalue weighted by Crippen LogP contribution is 2.33. The van der Waals surface area contributed by atoms with Gasteiger partial charge in [-0.1, -0.05) is 23.7 Å². The van der Waals surface area contributed by atoms with Crippen molar-refractivity contribution in [2.45, 2.75) is 11.9 Å². The number of anilines is 1.